The van der Waals surface area contributed by atoms with E-state index in [-0.39, 0.29) is 29.5 Å². The summed E-state index contributed by atoms with van der Waals surface area (Å²) in [6.07, 6.45) is 16.1. The number of aliphatic hydroxyl groups excluding tert-OH is 1. The monoisotopic (exact) mass is 426 g/mol. The van der Waals surface area contributed by atoms with Crippen LogP contribution in [-0.2, 0) is 19.1 Å². The highest BCUT2D eigenvalue weighted by Gasteiger charge is 2.20. The van der Waals surface area contributed by atoms with Crippen LogP contribution in [0.3, 0.4) is 0 Å². The molecule has 0 aromatic rings. The number of carboxylic acid groups (broad SMARTS) is 1. The van der Waals surface area contributed by atoms with Crippen molar-refractivity contribution in [2.75, 3.05) is 0 Å². The average molecular weight is 427 g/mol. The third kappa shape index (κ3) is 21.9. The van der Waals surface area contributed by atoms with Crippen LogP contribution in [0.15, 0.2) is 0 Å². The Bertz CT molecular complexity index is 428. The van der Waals surface area contributed by atoms with Crippen molar-refractivity contribution >= 4 is 41.0 Å². The zero-order chi connectivity index (χ0) is 21.0. The fraction of sp³-hybridized carbons (Fsp3) is 0.864. The first kappa shape index (κ1) is 30.5. The van der Waals surface area contributed by atoms with Crippen LogP contribution in [-0.4, -0.2) is 57.3 Å². The van der Waals surface area contributed by atoms with Gasteiger partial charge in [0.15, 0.2) is 6.10 Å². The molecular formula is C22H42MgO6. The molecular weight excluding hydrogens is 385 g/mol. The molecule has 0 rings (SSSR count). The molecule has 0 spiro atoms. The summed E-state index contributed by atoms with van der Waals surface area (Å²) in [5, 5.41) is 17.5. The summed E-state index contributed by atoms with van der Waals surface area (Å²) in [7, 11) is 0. The summed E-state index contributed by atoms with van der Waals surface area (Å²) in [4.78, 5) is 33.1. The van der Waals surface area contributed by atoms with E-state index in [9.17, 15) is 14.4 Å². The maximum atomic E-state index is 11.5. The van der Waals surface area contributed by atoms with Crippen molar-refractivity contribution in [3.63, 3.8) is 0 Å². The molecule has 168 valence electrons. The van der Waals surface area contributed by atoms with Crippen LogP contribution >= 0.6 is 0 Å². The molecule has 2 N–H and O–H groups in total. The van der Waals surface area contributed by atoms with Gasteiger partial charge in [0.1, 0.15) is 0 Å². The van der Waals surface area contributed by atoms with Crippen LogP contribution in [0.2, 0.25) is 0 Å². The van der Waals surface area contributed by atoms with Gasteiger partial charge in [0, 0.05) is 6.42 Å². The molecule has 6 nitrogen and oxygen atoms in total. The van der Waals surface area contributed by atoms with E-state index in [1.54, 1.807) is 0 Å². The van der Waals surface area contributed by atoms with Gasteiger partial charge < -0.3 is 14.9 Å². The molecule has 0 heterocycles. The number of rotatable bonds is 19. The summed E-state index contributed by atoms with van der Waals surface area (Å²) in [6.45, 7) is 2.25. The van der Waals surface area contributed by atoms with Crippen molar-refractivity contribution in [1.82, 2.24) is 0 Å². The van der Waals surface area contributed by atoms with Gasteiger partial charge in [0.25, 0.3) is 0 Å². The fourth-order valence-corrected chi connectivity index (χ4v) is 3.11. The molecule has 0 fully saturated rings. The summed E-state index contributed by atoms with van der Waals surface area (Å²) in [5.41, 5.74) is 0. The predicted molar refractivity (Wildman–Crippen MR) is 117 cm³/mol. The van der Waals surface area contributed by atoms with Crippen molar-refractivity contribution < 1.29 is 29.3 Å². The van der Waals surface area contributed by atoms with Gasteiger partial charge in [-0.2, -0.15) is 0 Å². The Morgan fingerprint density at radius 3 is 1.45 bits per heavy atom. The Labute approximate surface area is 192 Å². The van der Waals surface area contributed by atoms with Crippen LogP contribution < -0.4 is 0 Å². The van der Waals surface area contributed by atoms with Gasteiger partial charge in [-0.1, -0.05) is 96.8 Å². The van der Waals surface area contributed by atoms with Crippen LogP contribution in [0.25, 0.3) is 0 Å². The highest BCUT2D eigenvalue weighted by molar-refractivity contribution is 5.88. The van der Waals surface area contributed by atoms with Gasteiger partial charge in [-0.15, -0.1) is 0 Å². The van der Waals surface area contributed by atoms with E-state index in [1.165, 1.54) is 70.6 Å². The maximum Gasteiger partial charge on any atom is 0.333 e. The number of ether oxygens (including phenoxy) is 1. The normalized spacial score (nSPS) is 11.5. The average Bonchev–Trinajstić information content (AvgIpc) is 2.64. The molecule has 0 aromatic carbocycles. The van der Waals surface area contributed by atoms with Gasteiger partial charge in [0.05, 0.1) is 6.42 Å². The first-order valence-electron chi connectivity index (χ1n) is 11.1. The van der Waals surface area contributed by atoms with Gasteiger partial charge >= 0.3 is 41.0 Å². The second kappa shape index (κ2) is 22.0. The zero-order valence-corrected chi connectivity index (χ0v) is 17.6. The molecule has 1 atom stereocenters. The lowest BCUT2D eigenvalue weighted by molar-refractivity contribution is -0.164. The van der Waals surface area contributed by atoms with Gasteiger partial charge in [0.2, 0.25) is 0 Å². The van der Waals surface area contributed by atoms with E-state index >= 15 is 0 Å². The van der Waals surface area contributed by atoms with Crippen molar-refractivity contribution in [3.8, 4) is 0 Å². The van der Waals surface area contributed by atoms with Gasteiger partial charge in [-0.25, -0.2) is 4.79 Å². The van der Waals surface area contributed by atoms with E-state index in [1.807, 2.05) is 0 Å². The Morgan fingerprint density at radius 1 is 0.690 bits per heavy atom. The minimum Gasteiger partial charge on any atom is -0.479 e. The number of carboxylic acids is 1. The highest BCUT2D eigenvalue weighted by Crippen LogP contribution is 2.13. The Balaban J connectivity index is 0. The molecule has 0 saturated carbocycles. The molecule has 0 radical (unpaired) electrons. The first-order chi connectivity index (χ1) is 13.5. The van der Waals surface area contributed by atoms with Crippen LogP contribution in [0.5, 0.6) is 0 Å². The van der Waals surface area contributed by atoms with Crippen LogP contribution in [0.1, 0.15) is 116 Å². The molecule has 0 amide bonds. The summed E-state index contributed by atoms with van der Waals surface area (Å²) < 4.78 is 4.49. The number of aliphatic hydroxyl groups is 1. The number of carbonyl (C=O) groups excluding carboxylic acids is 2. The molecule has 7 heteroatoms. The van der Waals surface area contributed by atoms with E-state index in [2.05, 4.69) is 11.7 Å². The van der Waals surface area contributed by atoms with E-state index < -0.39 is 30.4 Å². The number of hydrogen-bond acceptors (Lipinski definition) is 5. The van der Waals surface area contributed by atoms with Crippen molar-refractivity contribution in [2.45, 2.75) is 122 Å². The molecule has 0 saturated heterocycles. The maximum absolute atomic E-state index is 11.5. The molecule has 29 heavy (non-hydrogen) atoms. The lowest BCUT2D eigenvalue weighted by atomic mass is 10.0. The highest BCUT2D eigenvalue weighted by atomic mass is 24.3. The Hall–Kier alpha value is -0.664. The van der Waals surface area contributed by atoms with Crippen molar-refractivity contribution in [3.05, 3.63) is 0 Å². The largest absolute Gasteiger partial charge is 0.479 e. The topological polar surface area (TPSA) is 101 Å². The Kier molecular flexibility index (Phi) is 23.2. The van der Waals surface area contributed by atoms with E-state index in [0.717, 1.165) is 19.3 Å². The van der Waals surface area contributed by atoms with Crippen molar-refractivity contribution in [2.24, 2.45) is 0 Å². The van der Waals surface area contributed by atoms with E-state index in [0.29, 0.717) is 6.42 Å². The fourth-order valence-electron chi connectivity index (χ4n) is 3.11. The van der Waals surface area contributed by atoms with Crippen LogP contribution in [0, 0.1) is 0 Å². The second-order valence-corrected chi connectivity index (χ2v) is 7.60. The minimum absolute atomic E-state index is 0. The third-order valence-corrected chi connectivity index (χ3v) is 4.86. The summed E-state index contributed by atoms with van der Waals surface area (Å²) in [5.74, 6) is -3.16. The number of carbonyl (C=O) groups is 3. The van der Waals surface area contributed by atoms with Crippen molar-refractivity contribution in [1.29, 1.82) is 0 Å². The summed E-state index contributed by atoms with van der Waals surface area (Å²) in [6, 6.07) is 0. The lowest BCUT2D eigenvalue weighted by Gasteiger charge is -2.05. The quantitative estimate of drug-likeness (QED) is 0.139. The molecule has 0 aliphatic rings. The smallest absolute Gasteiger partial charge is 0.333 e. The van der Waals surface area contributed by atoms with Gasteiger partial charge in [-0.3, -0.25) is 9.59 Å². The standard InChI is InChI=1S/C22H40O6.Mg.2H/c1-2-3-4-5-6-7-8-9-10-11-12-13-14-15-16-17-20(24)28-21(25)18-19(23)22(26)27;;;/h19,23H,2-18H2,1H3,(H,26,27);;;. The molecule has 0 aromatic heterocycles. The minimum atomic E-state index is -1.83. The predicted octanol–water partition coefficient (Wildman–Crippen LogP) is 4.24. The number of esters is 2. The lowest BCUT2D eigenvalue weighted by Crippen LogP contribution is -2.25. The SMILES string of the molecule is CCCCCCCCCCCCCCCCCC(=O)OC(=O)CC(O)C(=O)O.[MgH2]. The number of unbranched alkanes of at least 4 members (excludes halogenated alkanes) is 14. The van der Waals surface area contributed by atoms with Crippen LogP contribution in [0.4, 0.5) is 0 Å². The van der Waals surface area contributed by atoms with E-state index in [4.69, 9.17) is 10.2 Å². The summed E-state index contributed by atoms with van der Waals surface area (Å²) >= 11 is 0. The second-order valence-electron chi connectivity index (χ2n) is 7.60. The zero-order valence-electron chi connectivity index (χ0n) is 17.6. The number of aliphatic carboxylic acids is 1. The van der Waals surface area contributed by atoms with Gasteiger partial charge in [-0.05, 0) is 6.42 Å². The Morgan fingerprint density at radius 2 is 1.07 bits per heavy atom. The third-order valence-electron chi connectivity index (χ3n) is 4.86. The number of hydrogen-bond donors (Lipinski definition) is 2. The molecule has 0 aliphatic heterocycles. The molecule has 0 bridgehead atoms. The molecule has 0 aliphatic carbocycles. The first-order valence-corrected chi connectivity index (χ1v) is 11.1. The molecule has 1 unspecified atom stereocenters.